The molecule has 2 aromatic rings. The zero-order valence-electron chi connectivity index (χ0n) is 13.5. The predicted octanol–water partition coefficient (Wildman–Crippen LogP) is 2.80. The Bertz CT molecular complexity index is 747. The number of aromatic nitrogens is 2. The molecule has 1 aliphatic carbocycles. The molecule has 0 spiro atoms. The number of pyridine rings is 2. The van der Waals surface area contributed by atoms with Gasteiger partial charge >= 0.3 is 0 Å². The lowest BCUT2D eigenvalue weighted by molar-refractivity contribution is -0.125. The van der Waals surface area contributed by atoms with Crippen LogP contribution in [-0.2, 0) is 4.79 Å². The highest BCUT2D eigenvalue weighted by atomic mass is 16.2. The molecule has 5 heteroatoms. The van der Waals surface area contributed by atoms with Gasteiger partial charge < -0.3 is 9.88 Å². The molecule has 122 valence electrons. The Labute approximate surface area is 135 Å². The minimum Gasteiger partial charge on any atom is -0.352 e. The number of fused-ring (bicyclic) bond motifs is 1. The SMILES string of the molecule is CC[C@@H](C(=O)NC1CCCCC1)n1ccc2ncccc2c1=O. The Hall–Kier alpha value is -2.17. The van der Waals surface area contributed by atoms with Gasteiger partial charge in [-0.3, -0.25) is 14.6 Å². The van der Waals surface area contributed by atoms with Crippen LogP contribution in [0.5, 0.6) is 0 Å². The maximum absolute atomic E-state index is 12.7. The molecular weight excluding hydrogens is 290 g/mol. The van der Waals surface area contributed by atoms with E-state index < -0.39 is 6.04 Å². The normalized spacial score (nSPS) is 17.1. The molecule has 2 heterocycles. The van der Waals surface area contributed by atoms with Crippen molar-refractivity contribution >= 4 is 16.8 Å². The van der Waals surface area contributed by atoms with Gasteiger partial charge in [-0.1, -0.05) is 26.2 Å². The van der Waals surface area contributed by atoms with Crippen LogP contribution in [0.2, 0.25) is 0 Å². The lowest BCUT2D eigenvalue weighted by atomic mass is 9.95. The fourth-order valence-corrected chi connectivity index (χ4v) is 3.39. The molecule has 2 aromatic heterocycles. The van der Waals surface area contributed by atoms with Gasteiger partial charge in [-0.25, -0.2) is 0 Å². The summed E-state index contributed by atoms with van der Waals surface area (Å²) < 4.78 is 1.54. The number of nitrogens with one attached hydrogen (secondary N) is 1. The van der Waals surface area contributed by atoms with Gasteiger partial charge in [0, 0.05) is 18.4 Å². The first-order valence-electron chi connectivity index (χ1n) is 8.47. The Morgan fingerprint density at radius 2 is 2.13 bits per heavy atom. The summed E-state index contributed by atoms with van der Waals surface area (Å²) in [6.45, 7) is 1.94. The summed E-state index contributed by atoms with van der Waals surface area (Å²) in [5.41, 5.74) is 0.512. The molecule has 1 amide bonds. The lowest BCUT2D eigenvalue weighted by Gasteiger charge is -2.26. The summed E-state index contributed by atoms with van der Waals surface area (Å²) in [6, 6.07) is 5.09. The van der Waals surface area contributed by atoms with E-state index in [2.05, 4.69) is 10.3 Å². The highest BCUT2D eigenvalue weighted by molar-refractivity contribution is 5.82. The molecule has 1 fully saturated rings. The van der Waals surface area contributed by atoms with Gasteiger partial charge in [0.1, 0.15) is 6.04 Å². The molecule has 0 radical (unpaired) electrons. The number of carbonyl (C=O) groups is 1. The average Bonchev–Trinajstić information content (AvgIpc) is 2.58. The van der Waals surface area contributed by atoms with E-state index in [9.17, 15) is 9.59 Å². The van der Waals surface area contributed by atoms with Gasteiger partial charge in [-0.2, -0.15) is 0 Å². The first kappa shape index (κ1) is 15.7. The molecule has 0 saturated heterocycles. The second-order valence-electron chi connectivity index (χ2n) is 6.23. The molecule has 1 atom stereocenters. The Morgan fingerprint density at radius 3 is 2.87 bits per heavy atom. The van der Waals surface area contributed by atoms with Crippen molar-refractivity contribution in [2.45, 2.75) is 57.5 Å². The highest BCUT2D eigenvalue weighted by Crippen LogP contribution is 2.19. The lowest BCUT2D eigenvalue weighted by Crippen LogP contribution is -2.42. The van der Waals surface area contributed by atoms with Gasteiger partial charge in [0.05, 0.1) is 10.9 Å². The van der Waals surface area contributed by atoms with Crippen molar-refractivity contribution in [2.75, 3.05) is 0 Å². The third-order valence-electron chi connectivity index (χ3n) is 4.67. The van der Waals surface area contributed by atoms with E-state index in [1.807, 2.05) is 6.92 Å². The van der Waals surface area contributed by atoms with Gasteiger partial charge in [-0.15, -0.1) is 0 Å². The van der Waals surface area contributed by atoms with Crippen molar-refractivity contribution in [3.05, 3.63) is 40.9 Å². The number of hydrogen-bond donors (Lipinski definition) is 1. The van der Waals surface area contributed by atoms with E-state index in [4.69, 9.17) is 0 Å². The second kappa shape index (κ2) is 6.94. The molecule has 0 aliphatic heterocycles. The van der Waals surface area contributed by atoms with Crippen LogP contribution in [0, 0.1) is 0 Å². The van der Waals surface area contributed by atoms with Crippen molar-refractivity contribution in [2.24, 2.45) is 0 Å². The van der Waals surface area contributed by atoms with Gasteiger partial charge in [-0.05, 0) is 37.5 Å². The highest BCUT2D eigenvalue weighted by Gasteiger charge is 2.23. The Morgan fingerprint density at radius 1 is 1.35 bits per heavy atom. The van der Waals surface area contributed by atoms with Crippen LogP contribution in [-0.4, -0.2) is 21.5 Å². The minimum absolute atomic E-state index is 0.0512. The van der Waals surface area contributed by atoms with Crippen LogP contribution in [0.25, 0.3) is 10.9 Å². The van der Waals surface area contributed by atoms with E-state index in [1.54, 1.807) is 35.2 Å². The molecule has 0 aromatic carbocycles. The molecule has 5 nitrogen and oxygen atoms in total. The van der Waals surface area contributed by atoms with Crippen molar-refractivity contribution in [3.63, 3.8) is 0 Å². The van der Waals surface area contributed by atoms with Gasteiger partial charge in [0.2, 0.25) is 5.91 Å². The van der Waals surface area contributed by atoms with Crippen LogP contribution < -0.4 is 10.9 Å². The minimum atomic E-state index is -0.464. The summed E-state index contributed by atoms with van der Waals surface area (Å²) in [5, 5.41) is 3.68. The zero-order chi connectivity index (χ0) is 16.2. The smallest absolute Gasteiger partial charge is 0.260 e. The van der Waals surface area contributed by atoms with E-state index in [0.717, 1.165) is 12.8 Å². The molecule has 1 N–H and O–H groups in total. The van der Waals surface area contributed by atoms with E-state index >= 15 is 0 Å². The fraction of sp³-hybridized carbons (Fsp3) is 0.500. The Kier molecular flexibility index (Phi) is 4.74. The predicted molar refractivity (Wildman–Crippen MR) is 90.3 cm³/mol. The maximum Gasteiger partial charge on any atom is 0.260 e. The third-order valence-corrected chi connectivity index (χ3v) is 4.67. The van der Waals surface area contributed by atoms with Gasteiger partial charge in [0.15, 0.2) is 0 Å². The largest absolute Gasteiger partial charge is 0.352 e. The van der Waals surface area contributed by atoms with Crippen molar-refractivity contribution < 1.29 is 4.79 Å². The topological polar surface area (TPSA) is 64.0 Å². The quantitative estimate of drug-likeness (QED) is 0.944. The maximum atomic E-state index is 12.7. The van der Waals surface area contributed by atoms with Crippen LogP contribution in [0.1, 0.15) is 51.5 Å². The number of carbonyl (C=O) groups excluding carboxylic acids is 1. The zero-order valence-corrected chi connectivity index (χ0v) is 13.5. The molecule has 0 bridgehead atoms. The third kappa shape index (κ3) is 3.28. The summed E-state index contributed by atoms with van der Waals surface area (Å²) >= 11 is 0. The van der Waals surface area contributed by atoms with E-state index in [0.29, 0.717) is 17.3 Å². The first-order chi connectivity index (χ1) is 11.2. The van der Waals surface area contributed by atoms with E-state index in [1.165, 1.54) is 19.3 Å². The molecule has 3 rings (SSSR count). The molecular formula is C18H23N3O2. The Balaban J connectivity index is 1.86. The number of rotatable bonds is 4. The van der Waals surface area contributed by atoms with E-state index in [-0.39, 0.29) is 17.5 Å². The molecule has 0 unspecified atom stereocenters. The van der Waals surface area contributed by atoms with Crippen molar-refractivity contribution in [3.8, 4) is 0 Å². The summed E-state index contributed by atoms with van der Waals surface area (Å²) in [7, 11) is 0. The number of amides is 1. The summed E-state index contributed by atoms with van der Waals surface area (Å²) in [5.74, 6) is -0.0512. The average molecular weight is 313 g/mol. The van der Waals surface area contributed by atoms with Gasteiger partial charge in [0.25, 0.3) is 5.56 Å². The van der Waals surface area contributed by atoms with Crippen molar-refractivity contribution in [1.82, 2.24) is 14.9 Å². The van der Waals surface area contributed by atoms with Crippen molar-refractivity contribution in [1.29, 1.82) is 0 Å². The van der Waals surface area contributed by atoms with Crippen LogP contribution in [0.3, 0.4) is 0 Å². The summed E-state index contributed by atoms with van der Waals surface area (Å²) in [6.07, 6.45) is 9.61. The first-order valence-corrected chi connectivity index (χ1v) is 8.47. The molecule has 1 saturated carbocycles. The standard InChI is InChI=1S/C18H23N3O2/c1-2-16(17(22)20-13-7-4-3-5-8-13)21-12-10-15-14(18(21)23)9-6-11-19-15/h6,9-13,16H,2-5,7-8H2,1H3,(H,20,22)/t16-/m0/s1. The number of hydrogen-bond acceptors (Lipinski definition) is 3. The summed E-state index contributed by atoms with van der Waals surface area (Å²) in [4.78, 5) is 29.5. The van der Waals surface area contributed by atoms with Crippen LogP contribution >= 0.6 is 0 Å². The second-order valence-corrected chi connectivity index (χ2v) is 6.23. The van der Waals surface area contributed by atoms with Crippen LogP contribution in [0.15, 0.2) is 35.4 Å². The van der Waals surface area contributed by atoms with Crippen LogP contribution in [0.4, 0.5) is 0 Å². The molecule has 23 heavy (non-hydrogen) atoms. The molecule has 1 aliphatic rings. The monoisotopic (exact) mass is 313 g/mol. The number of nitrogens with zero attached hydrogens (tertiary/aromatic N) is 2. The fourth-order valence-electron chi connectivity index (χ4n) is 3.39.